The number of hydrogen-bond donors (Lipinski definition) is 1. The van der Waals surface area contributed by atoms with Crippen molar-refractivity contribution in [3.05, 3.63) is 101 Å². The van der Waals surface area contributed by atoms with E-state index < -0.39 is 0 Å². The lowest BCUT2D eigenvalue weighted by Crippen LogP contribution is -2.37. The first-order valence-electron chi connectivity index (χ1n) is 10.1. The molecular formula is C25H27N3O. The average Bonchev–Trinajstić information content (AvgIpc) is 3.22. The summed E-state index contributed by atoms with van der Waals surface area (Å²) < 4.78 is 5.89. The maximum Gasteiger partial charge on any atom is 0.235 e. The molecule has 0 bridgehead atoms. The van der Waals surface area contributed by atoms with Crippen molar-refractivity contribution < 1.29 is 4.74 Å². The lowest BCUT2D eigenvalue weighted by Gasteiger charge is -2.26. The van der Waals surface area contributed by atoms with Crippen molar-refractivity contribution in [1.82, 2.24) is 10.3 Å². The van der Waals surface area contributed by atoms with Crippen LogP contribution in [0.2, 0.25) is 0 Å². The fourth-order valence-corrected chi connectivity index (χ4v) is 3.46. The van der Waals surface area contributed by atoms with Crippen molar-refractivity contribution >= 4 is 5.90 Å². The van der Waals surface area contributed by atoms with E-state index in [0.29, 0.717) is 12.5 Å². The Morgan fingerprint density at radius 2 is 1.59 bits per heavy atom. The van der Waals surface area contributed by atoms with Crippen molar-refractivity contribution in [3.8, 4) is 0 Å². The van der Waals surface area contributed by atoms with Gasteiger partial charge >= 0.3 is 0 Å². The monoisotopic (exact) mass is 385 g/mol. The molecule has 3 aromatic rings. The molecule has 0 unspecified atom stereocenters. The Morgan fingerprint density at radius 1 is 0.897 bits per heavy atom. The number of aromatic nitrogens is 1. The van der Waals surface area contributed by atoms with Gasteiger partial charge in [0.25, 0.3) is 0 Å². The predicted octanol–water partition coefficient (Wildman–Crippen LogP) is 4.49. The minimum atomic E-state index is -0.269. The molecule has 148 valence electrons. The van der Waals surface area contributed by atoms with Crippen LogP contribution >= 0.6 is 0 Å². The summed E-state index contributed by atoms with van der Waals surface area (Å²) in [6.07, 6.45) is 0.883. The Labute approximate surface area is 172 Å². The zero-order chi connectivity index (χ0) is 20.1. The van der Waals surface area contributed by atoms with Crippen LogP contribution in [-0.2, 0) is 23.2 Å². The van der Waals surface area contributed by atoms with Crippen molar-refractivity contribution in [2.75, 3.05) is 6.61 Å². The topological polar surface area (TPSA) is 46.5 Å². The van der Waals surface area contributed by atoms with E-state index in [2.05, 4.69) is 73.8 Å². The standard InChI is InChI=1S/C25H27N3O/c1-25(2,26-17-20-12-7-4-8-13-20)23-15-9-14-22(28-23)24-27-21(18-29-24)16-19-10-5-3-6-11-19/h3-15,21,26H,16-18H2,1-2H3/t21-/m0/s1. The summed E-state index contributed by atoms with van der Waals surface area (Å²) in [4.78, 5) is 9.64. The third-order valence-electron chi connectivity index (χ3n) is 5.21. The van der Waals surface area contributed by atoms with E-state index in [1.807, 2.05) is 24.3 Å². The highest BCUT2D eigenvalue weighted by Gasteiger charge is 2.25. The van der Waals surface area contributed by atoms with Gasteiger partial charge in [0.1, 0.15) is 12.3 Å². The van der Waals surface area contributed by atoms with E-state index in [1.54, 1.807) is 0 Å². The van der Waals surface area contributed by atoms with Crippen molar-refractivity contribution in [1.29, 1.82) is 0 Å². The molecule has 4 nitrogen and oxygen atoms in total. The van der Waals surface area contributed by atoms with Crippen molar-refractivity contribution in [2.24, 2.45) is 4.99 Å². The molecule has 1 atom stereocenters. The molecule has 0 aliphatic carbocycles. The first kappa shape index (κ1) is 19.3. The molecule has 4 heteroatoms. The molecule has 1 aliphatic heterocycles. The Morgan fingerprint density at radius 3 is 2.31 bits per heavy atom. The molecule has 2 aromatic carbocycles. The second-order valence-electron chi connectivity index (χ2n) is 7.96. The number of aliphatic imine (C=N–C) groups is 1. The normalized spacial score (nSPS) is 16.3. The summed E-state index contributed by atoms with van der Waals surface area (Å²) in [5.74, 6) is 0.645. The summed E-state index contributed by atoms with van der Waals surface area (Å²) >= 11 is 0. The highest BCUT2D eigenvalue weighted by Crippen LogP contribution is 2.21. The van der Waals surface area contributed by atoms with E-state index in [-0.39, 0.29) is 11.6 Å². The summed E-state index contributed by atoms with van der Waals surface area (Å²) in [6, 6.07) is 27.0. The second-order valence-corrected chi connectivity index (χ2v) is 7.96. The van der Waals surface area contributed by atoms with Gasteiger partial charge in [0, 0.05) is 6.54 Å². The molecule has 0 amide bonds. The number of nitrogens with zero attached hydrogens (tertiary/aromatic N) is 2. The first-order chi connectivity index (χ1) is 14.1. The van der Waals surface area contributed by atoms with Gasteiger partial charge in [-0.15, -0.1) is 0 Å². The van der Waals surface area contributed by atoms with Gasteiger partial charge in [0.15, 0.2) is 0 Å². The van der Waals surface area contributed by atoms with Gasteiger partial charge < -0.3 is 10.1 Å². The van der Waals surface area contributed by atoms with Gasteiger partial charge in [-0.2, -0.15) is 0 Å². The average molecular weight is 386 g/mol. The SMILES string of the molecule is CC(C)(NCc1ccccc1)c1cccc(C2=N[C@@H](Cc3ccccc3)CO2)n1. The van der Waals surface area contributed by atoms with Crippen LogP contribution in [0, 0.1) is 0 Å². The Hall–Kier alpha value is -2.98. The van der Waals surface area contributed by atoms with Crippen LogP contribution in [0.15, 0.2) is 83.9 Å². The van der Waals surface area contributed by atoms with Gasteiger partial charge in [-0.3, -0.25) is 0 Å². The molecule has 29 heavy (non-hydrogen) atoms. The molecule has 2 heterocycles. The molecule has 0 spiro atoms. The van der Waals surface area contributed by atoms with Gasteiger partial charge in [-0.25, -0.2) is 9.98 Å². The fourth-order valence-electron chi connectivity index (χ4n) is 3.46. The van der Waals surface area contributed by atoms with Gasteiger partial charge in [0.2, 0.25) is 5.90 Å². The molecule has 0 saturated carbocycles. The van der Waals surface area contributed by atoms with E-state index in [1.165, 1.54) is 11.1 Å². The molecule has 4 rings (SSSR count). The predicted molar refractivity (Wildman–Crippen MR) is 117 cm³/mol. The van der Waals surface area contributed by atoms with E-state index in [4.69, 9.17) is 14.7 Å². The lowest BCUT2D eigenvalue weighted by atomic mass is 9.99. The second kappa shape index (κ2) is 8.58. The minimum Gasteiger partial charge on any atom is -0.474 e. The smallest absolute Gasteiger partial charge is 0.235 e. The molecular weight excluding hydrogens is 358 g/mol. The summed E-state index contributed by atoms with van der Waals surface area (Å²) in [5, 5.41) is 3.61. The number of hydrogen-bond acceptors (Lipinski definition) is 4. The highest BCUT2D eigenvalue weighted by molar-refractivity contribution is 5.93. The zero-order valence-electron chi connectivity index (χ0n) is 17.0. The number of ether oxygens (including phenoxy) is 1. The summed E-state index contributed by atoms with van der Waals surface area (Å²) in [6.45, 7) is 5.69. The lowest BCUT2D eigenvalue weighted by molar-refractivity contribution is 0.315. The van der Waals surface area contributed by atoms with Gasteiger partial charge in [-0.05, 0) is 43.5 Å². The number of pyridine rings is 1. The molecule has 1 aromatic heterocycles. The van der Waals surface area contributed by atoms with E-state index in [9.17, 15) is 0 Å². The summed E-state index contributed by atoms with van der Waals surface area (Å²) in [5.41, 5.74) is 4.04. The van der Waals surface area contributed by atoms with Gasteiger partial charge in [-0.1, -0.05) is 66.7 Å². The first-order valence-corrected chi connectivity index (χ1v) is 10.1. The molecule has 1 aliphatic rings. The molecule has 0 fully saturated rings. The highest BCUT2D eigenvalue weighted by atomic mass is 16.5. The van der Waals surface area contributed by atoms with Crippen LogP contribution in [-0.4, -0.2) is 23.5 Å². The summed E-state index contributed by atoms with van der Waals surface area (Å²) in [7, 11) is 0. The third kappa shape index (κ3) is 4.90. The van der Waals surface area contributed by atoms with Crippen LogP contribution < -0.4 is 5.32 Å². The quantitative estimate of drug-likeness (QED) is 0.652. The molecule has 0 saturated heterocycles. The van der Waals surface area contributed by atoms with Crippen molar-refractivity contribution in [2.45, 2.75) is 38.4 Å². The van der Waals surface area contributed by atoms with Crippen LogP contribution in [0.5, 0.6) is 0 Å². The van der Waals surface area contributed by atoms with Crippen molar-refractivity contribution in [3.63, 3.8) is 0 Å². The fraction of sp³-hybridized carbons (Fsp3) is 0.280. The zero-order valence-corrected chi connectivity index (χ0v) is 17.0. The van der Waals surface area contributed by atoms with Crippen LogP contribution in [0.1, 0.15) is 36.4 Å². The maximum absolute atomic E-state index is 5.89. The van der Waals surface area contributed by atoms with Crippen LogP contribution in [0.3, 0.4) is 0 Å². The Balaban J connectivity index is 1.46. The Kier molecular flexibility index (Phi) is 5.72. The van der Waals surface area contributed by atoms with E-state index >= 15 is 0 Å². The largest absolute Gasteiger partial charge is 0.474 e. The van der Waals surface area contributed by atoms with Gasteiger partial charge in [0.05, 0.1) is 17.3 Å². The molecule has 0 radical (unpaired) electrons. The van der Waals surface area contributed by atoms with E-state index in [0.717, 1.165) is 24.4 Å². The maximum atomic E-state index is 5.89. The number of rotatable bonds is 7. The molecule has 1 N–H and O–H groups in total. The third-order valence-corrected chi connectivity index (χ3v) is 5.21. The van der Waals surface area contributed by atoms with Crippen LogP contribution in [0.4, 0.5) is 0 Å². The van der Waals surface area contributed by atoms with Crippen LogP contribution in [0.25, 0.3) is 0 Å². The minimum absolute atomic E-state index is 0.141. The number of benzene rings is 2. The Bertz CT molecular complexity index is 968. The number of nitrogens with one attached hydrogen (secondary N) is 1.